The van der Waals surface area contributed by atoms with Crippen LogP contribution in [0.3, 0.4) is 0 Å². The van der Waals surface area contributed by atoms with Crippen molar-refractivity contribution in [2.75, 3.05) is 18.1 Å². The Hall–Kier alpha value is -0.190. The lowest BCUT2D eigenvalue weighted by molar-refractivity contribution is 0.674. The van der Waals surface area contributed by atoms with Crippen molar-refractivity contribution in [2.24, 2.45) is 0 Å². The summed E-state index contributed by atoms with van der Waals surface area (Å²) in [6, 6.07) is 6.32. The second-order valence-corrected chi connectivity index (χ2v) is 6.41. The standard InChI is InChI=1S/C12H18BrNOS/c1-3-16(15)7-6-14-9-11-4-5-12(13)10(2)8-11/h4-5,8,14H,3,6-7,9H2,1-2H3. The van der Waals surface area contributed by atoms with E-state index in [1.54, 1.807) is 0 Å². The van der Waals surface area contributed by atoms with Crippen molar-refractivity contribution in [2.45, 2.75) is 20.4 Å². The molecule has 1 rings (SSSR count). The minimum atomic E-state index is -0.663. The Morgan fingerprint density at radius 1 is 1.44 bits per heavy atom. The quantitative estimate of drug-likeness (QED) is 0.819. The van der Waals surface area contributed by atoms with Gasteiger partial charge in [-0.05, 0) is 24.1 Å². The molecule has 1 aromatic rings. The minimum absolute atomic E-state index is 0.663. The molecule has 0 amide bonds. The molecule has 16 heavy (non-hydrogen) atoms. The van der Waals surface area contributed by atoms with Crippen LogP contribution < -0.4 is 5.32 Å². The van der Waals surface area contributed by atoms with Gasteiger partial charge in [-0.25, -0.2) is 0 Å². The zero-order valence-electron chi connectivity index (χ0n) is 9.75. The van der Waals surface area contributed by atoms with Crippen LogP contribution in [0.5, 0.6) is 0 Å². The second kappa shape index (κ2) is 7.20. The van der Waals surface area contributed by atoms with Crippen LogP contribution in [0.15, 0.2) is 22.7 Å². The fourth-order valence-electron chi connectivity index (χ4n) is 1.38. The first-order chi connectivity index (χ1) is 7.63. The smallest absolute Gasteiger partial charge is 0.0360 e. The summed E-state index contributed by atoms with van der Waals surface area (Å²) in [5.74, 6) is 1.49. The van der Waals surface area contributed by atoms with Crippen molar-refractivity contribution >= 4 is 26.7 Å². The van der Waals surface area contributed by atoms with Gasteiger partial charge in [0.15, 0.2) is 0 Å². The van der Waals surface area contributed by atoms with Crippen molar-refractivity contribution in [3.63, 3.8) is 0 Å². The van der Waals surface area contributed by atoms with Gasteiger partial charge in [-0.15, -0.1) is 0 Å². The summed E-state index contributed by atoms with van der Waals surface area (Å²) >= 11 is 3.48. The van der Waals surface area contributed by atoms with Gasteiger partial charge in [-0.3, -0.25) is 4.21 Å². The first-order valence-electron chi connectivity index (χ1n) is 5.44. The first kappa shape index (κ1) is 13.9. The van der Waals surface area contributed by atoms with Gasteiger partial charge in [0, 0.05) is 39.9 Å². The highest BCUT2D eigenvalue weighted by atomic mass is 79.9. The predicted octanol–water partition coefficient (Wildman–Crippen LogP) is 2.62. The minimum Gasteiger partial charge on any atom is -0.312 e. The lowest BCUT2D eigenvalue weighted by atomic mass is 10.1. The number of benzene rings is 1. The Balaban J connectivity index is 2.32. The number of hydrogen-bond acceptors (Lipinski definition) is 2. The summed E-state index contributed by atoms with van der Waals surface area (Å²) in [7, 11) is -0.663. The summed E-state index contributed by atoms with van der Waals surface area (Å²) in [5.41, 5.74) is 2.51. The molecule has 4 heteroatoms. The maximum Gasteiger partial charge on any atom is 0.0360 e. The van der Waals surface area contributed by atoms with Crippen molar-refractivity contribution in [1.82, 2.24) is 5.32 Å². The zero-order chi connectivity index (χ0) is 12.0. The molecule has 0 fully saturated rings. The largest absolute Gasteiger partial charge is 0.312 e. The van der Waals surface area contributed by atoms with E-state index >= 15 is 0 Å². The van der Waals surface area contributed by atoms with Crippen LogP contribution in [0.1, 0.15) is 18.1 Å². The molecule has 0 bridgehead atoms. The summed E-state index contributed by atoms with van der Waals surface area (Å²) in [5, 5.41) is 3.31. The van der Waals surface area contributed by atoms with Crippen LogP contribution in [0.4, 0.5) is 0 Å². The predicted molar refractivity (Wildman–Crippen MR) is 74.1 cm³/mol. The number of rotatable bonds is 6. The number of nitrogens with one attached hydrogen (secondary N) is 1. The molecule has 0 aliphatic rings. The third-order valence-electron chi connectivity index (χ3n) is 2.38. The fourth-order valence-corrected chi connectivity index (χ4v) is 2.29. The van der Waals surface area contributed by atoms with Crippen LogP contribution in [-0.2, 0) is 17.3 Å². The van der Waals surface area contributed by atoms with E-state index in [9.17, 15) is 4.21 Å². The zero-order valence-corrected chi connectivity index (χ0v) is 12.2. The second-order valence-electron chi connectivity index (χ2n) is 3.69. The molecule has 2 nitrogen and oxygen atoms in total. The first-order valence-corrected chi connectivity index (χ1v) is 7.72. The molecule has 0 aliphatic heterocycles. The van der Waals surface area contributed by atoms with Crippen LogP contribution in [0.2, 0.25) is 0 Å². The SMILES string of the molecule is CCS(=O)CCNCc1ccc(Br)c(C)c1. The van der Waals surface area contributed by atoms with Gasteiger partial charge < -0.3 is 5.32 Å². The Kier molecular flexibility index (Phi) is 6.24. The summed E-state index contributed by atoms with van der Waals surface area (Å²) in [6.07, 6.45) is 0. The van der Waals surface area contributed by atoms with Crippen LogP contribution in [-0.4, -0.2) is 22.3 Å². The number of hydrogen-bond donors (Lipinski definition) is 1. The van der Waals surface area contributed by atoms with E-state index in [-0.39, 0.29) is 0 Å². The van der Waals surface area contributed by atoms with Crippen molar-refractivity contribution in [1.29, 1.82) is 0 Å². The van der Waals surface area contributed by atoms with Gasteiger partial charge in [0.25, 0.3) is 0 Å². The Morgan fingerprint density at radius 2 is 2.19 bits per heavy atom. The third kappa shape index (κ3) is 4.76. The highest BCUT2D eigenvalue weighted by Crippen LogP contribution is 2.16. The molecule has 0 aliphatic carbocycles. The molecule has 90 valence electrons. The molecule has 1 N–H and O–H groups in total. The van der Waals surface area contributed by atoms with E-state index in [1.807, 2.05) is 6.92 Å². The molecule has 1 atom stereocenters. The van der Waals surface area contributed by atoms with Gasteiger partial charge in [-0.2, -0.15) is 0 Å². The van der Waals surface area contributed by atoms with Crippen molar-refractivity contribution in [3.8, 4) is 0 Å². The Bertz CT molecular complexity index is 368. The monoisotopic (exact) mass is 303 g/mol. The third-order valence-corrected chi connectivity index (χ3v) is 4.57. The van der Waals surface area contributed by atoms with Crippen molar-refractivity contribution < 1.29 is 4.21 Å². The highest BCUT2D eigenvalue weighted by molar-refractivity contribution is 9.10. The molecule has 0 aromatic heterocycles. The summed E-state index contributed by atoms with van der Waals surface area (Å²) in [4.78, 5) is 0. The molecular formula is C12H18BrNOS. The molecular weight excluding hydrogens is 286 g/mol. The molecule has 1 aromatic carbocycles. The van der Waals surface area contributed by atoms with E-state index in [2.05, 4.69) is 46.4 Å². The fraction of sp³-hybridized carbons (Fsp3) is 0.500. The number of aryl methyl sites for hydroxylation is 1. The summed E-state index contributed by atoms with van der Waals surface area (Å²) < 4.78 is 12.3. The molecule has 0 saturated carbocycles. The highest BCUT2D eigenvalue weighted by Gasteiger charge is 1.98. The average molecular weight is 304 g/mol. The topological polar surface area (TPSA) is 29.1 Å². The molecule has 0 spiro atoms. The van der Waals surface area contributed by atoms with Crippen LogP contribution in [0.25, 0.3) is 0 Å². The maximum atomic E-state index is 11.2. The van der Waals surface area contributed by atoms with Gasteiger partial charge in [-0.1, -0.05) is 35.0 Å². The lowest BCUT2D eigenvalue weighted by Crippen LogP contribution is -2.20. The van der Waals surface area contributed by atoms with E-state index in [1.165, 1.54) is 11.1 Å². The lowest BCUT2D eigenvalue weighted by Gasteiger charge is -2.06. The van der Waals surface area contributed by atoms with E-state index in [4.69, 9.17) is 0 Å². The van der Waals surface area contributed by atoms with Crippen molar-refractivity contribution in [3.05, 3.63) is 33.8 Å². The molecule has 0 saturated heterocycles. The van der Waals surface area contributed by atoms with E-state index in [0.29, 0.717) is 0 Å². The van der Waals surface area contributed by atoms with E-state index in [0.717, 1.165) is 29.1 Å². The van der Waals surface area contributed by atoms with Gasteiger partial charge in [0.2, 0.25) is 0 Å². The van der Waals surface area contributed by atoms with Gasteiger partial charge in [0.05, 0.1) is 0 Å². The molecule has 1 unspecified atom stereocenters. The maximum absolute atomic E-state index is 11.2. The summed E-state index contributed by atoms with van der Waals surface area (Å²) in [6.45, 7) is 5.69. The Labute approximate surface area is 108 Å². The van der Waals surface area contributed by atoms with E-state index < -0.39 is 10.8 Å². The van der Waals surface area contributed by atoms with Crippen LogP contribution >= 0.6 is 15.9 Å². The number of halogens is 1. The molecule has 0 heterocycles. The van der Waals surface area contributed by atoms with Gasteiger partial charge >= 0.3 is 0 Å². The molecule has 0 radical (unpaired) electrons. The van der Waals surface area contributed by atoms with Gasteiger partial charge in [0.1, 0.15) is 0 Å². The normalized spacial score (nSPS) is 12.7. The Morgan fingerprint density at radius 3 is 2.81 bits per heavy atom. The average Bonchev–Trinajstić information content (AvgIpc) is 2.28. The van der Waals surface area contributed by atoms with Crippen LogP contribution in [0, 0.1) is 6.92 Å².